The molecule has 0 saturated heterocycles. The maximum absolute atomic E-state index is 14.9. The van der Waals surface area contributed by atoms with Crippen molar-refractivity contribution in [1.82, 2.24) is 15.1 Å². The Morgan fingerprint density at radius 1 is 0.891 bits per heavy atom. The highest BCUT2D eigenvalue weighted by Crippen LogP contribution is 2.44. The van der Waals surface area contributed by atoms with Gasteiger partial charge in [-0.2, -0.15) is 0 Å². The van der Waals surface area contributed by atoms with Crippen LogP contribution in [0.3, 0.4) is 0 Å². The molecule has 2 aromatic heterocycles. The molecular formula is C31H32F2N6O6S. The van der Waals surface area contributed by atoms with Crippen LogP contribution >= 0.6 is 11.3 Å². The number of benzene rings is 2. The van der Waals surface area contributed by atoms with Crippen molar-refractivity contribution in [3.8, 4) is 16.3 Å². The van der Waals surface area contributed by atoms with Gasteiger partial charge in [-0.3, -0.25) is 15.0 Å². The maximum Gasteiger partial charge on any atom is 0.415 e. The Bertz CT molecular complexity index is 1680. The van der Waals surface area contributed by atoms with Crippen LogP contribution in [0.4, 0.5) is 34.9 Å². The molecule has 0 saturated carbocycles. The van der Waals surface area contributed by atoms with Gasteiger partial charge in [0.25, 0.3) is 5.91 Å². The molecule has 0 spiro atoms. The van der Waals surface area contributed by atoms with Crippen LogP contribution in [-0.4, -0.2) is 68.1 Å². The first-order chi connectivity index (χ1) is 22.1. The number of nitrogens with one attached hydrogen (secondary N) is 2. The zero-order chi connectivity index (χ0) is 33.4. The molecular weight excluding hydrogens is 622 g/mol. The Morgan fingerprint density at radius 3 is 2.15 bits per heavy atom. The fraction of sp³-hybridized carbons (Fsp3) is 0.258. The molecule has 0 bridgehead atoms. The standard InChI is InChI=1S/C31H32F2N6O6S/c1-6-45-31(42)39(17-20-22(32)8-7-9-23(20)33)29-26(28(40)35-24-14-15-25(43-4)37-36-24)21(16-38(2)3)27(46-29)18-10-12-19(13-11-18)34-30(41)44-5/h7-15H,6,16-17H2,1-5H3,(H,34,41)(H,35,36,40). The Morgan fingerprint density at radius 2 is 1.59 bits per heavy atom. The van der Waals surface area contributed by atoms with Crippen LogP contribution in [0.25, 0.3) is 10.4 Å². The number of carbonyl (C=O) groups excluding carboxylic acids is 3. The first-order valence-corrected chi connectivity index (χ1v) is 14.7. The highest BCUT2D eigenvalue weighted by atomic mass is 32.1. The number of hydrogen-bond donors (Lipinski definition) is 2. The first-order valence-electron chi connectivity index (χ1n) is 13.9. The summed E-state index contributed by atoms with van der Waals surface area (Å²) in [6.07, 6.45) is -1.56. The van der Waals surface area contributed by atoms with E-state index in [-0.39, 0.29) is 41.0 Å². The molecule has 4 rings (SSSR count). The highest BCUT2D eigenvalue weighted by molar-refractivity contribution is 7.20. The fourth-order valence-corrected chi connectivity index (χ4v) is 5.69. The number of hydrogen-bond acceptors (Lipinski definition) is 10. The quantitative estimate of drug-likeness (QED) is 0.195. The SMILES string of the molecule is CCOC(=O)N(Cc1c(F)cccc1F)c1sc(-c2ccc(NC(=O)OC)cc2)c(CN(C)C)c1C(=O)Nc1ccc(OC)nn1. The van der Waals surface area contributed by atoms with Crippen molar-refractivity contribution in [1.29, 1.82) is 0 Å². The molecule has 242 valence electrons. The van der Waals surface area contributed by atoms with E-state index in [0.717, 1.165) is 28.4 Å². The zero-order valence-corrected chi connectivity index (χ0v) is 26.5. The minimum absolute atomic E-state index is 0.0322. The van der Waals surface area contributed by atoms with Crippen molar-refractivity contribution in [3.05, 3.63) is 82.9 Å². The van der Waals surface area contributed by atoms with Crippen LogP contribution in [-0.2, 0) is 22.6 Å². The van der Waals surface area contributed by atoms with E-state index in [0.29, 0.717) is 21.7 Å². The minimum Gasteiger partial charge on any atom is -0.480 e. The van der Waals surface area contributed by atoms with E-state index >= 15 is 0 Å². The first kappa shape index (κ1) is 33.7. The summed E-state index contributed by atoms with van der Waals surface area (Å²) in [6, 6.07) is 13.1. The number of ether oxygens (including phenoxy) is 3. The smallest absolute Gasteiger partial charge is 0.415 e. The van der Waals surface area contributed by atoms with Gasteiger partial charge in [-0.15, -0.1) is 21.5 Å². The van der Waals surface area contributed by atoms with E-state index in [1.807, 2.05) is 4.90 Å². The summed E-state index contributed by atoms with van der Waals surface area (Å²) in [5.74, 6) is -2.06. The van der Waals surface area contributed by atoms with Gasteiger partial charge in [-0.1, -0.05) is 18.2 Å². The summed E-state index contributed by atoms with van der Waals surface area (Å²) in [7, 11) is 6.28. The molecule has 0 fully saturated rings. The van der Waals surface area contributed by atoms with Gasteiger partial charge in [0, 0.05) is 28.7 Å². The molecule has 0 atom stereocenters. The lowest BCUT2D eigenvalue weighted by Gasteiger charge is -2.23. The van der Waals surface area contributed by atoms with Gasteiger partial charge in [-0.25, -0.2) is 18.4 Å². The molecule has 4 aromatic rings. The van der Waals surface area contributed by atoms with Crippen molar-refractivity contribution < 1.29 is 37.4 Å². The summed E-state index contributed by atoms with van der Waals surface area (Å²) in [4.78, 5) is 42.7. The average Bonchev–Trinajstić information content (AvgIpc) is 3.39. The number of anilines is 3. The predicted molar refractivity (Wildman–Crippen MR) is 169 cm³/mol. The molecule has 0 aliphatic carbocycles. The van der Waals surface area contributed by atoms with Crippen molar-refractivity contribution in [2.75, 3.05) is 50.5 Å². The molecule has 15 heteroatoms. The van der Waals surface area contributed by atoms with Gasteiger partial charge in [0.2, 0.25) is 5.88 Å². The van der Waals surface area contributed by atoms with Gasteiger partial charge in [0.05, 0.1) is 32.9 Å². The third-order valence-corrected chi connectivity index (χ3v) is 7.77. The number of methoxy groups -OCH3 is 2. The van der Waals surface area contributed by atoms with E-state index in [4.69, 9.17) is 9.47 Å². The second-order valence-electron chi connectivity index (χ2n) is 9.92. The fourth-order valence-electron chi connectivity index (χ4n) is 4.39. The van der Waals surface area contributed by atoms with Crippen molar-refractivity contribution >= 4 is 45.9 Å². The molecule has 46 heavy (non-hydrogen) atoms. The Kier molecular flexibility index (Phi) is 11.2. The maximum atomic E-state index is 14.9. The number of carbonyl (C=O) groups is 3. The molecule has 12 nitrogen and oxygen atoms in total. The Balaban J connectivity index is 1.93. The van der Waals surface area contributed by atoms with Crippen LogP contribution in [0.5, 0.6) is 5.88 Å². The minimum atomic E-state index is -0.912. The summed E-state index contributed by atoms with van der Waals surface area (Å²) in [5.41, 5.74) is 1.29. The monoisotopic (exact) mass is 654 g/mol. The summed E-state index contributed by atoms with van der Waals surface area (Å²) < 4.78 is 44.8. The van der Waals surface area contributed by atoms with E-state index in [9.17, 15) is 23.2 Å². The number of rotatable bonds is 11. The summed E-state index contributed by atoms with van der Waals surface area (Å²) in [6.45, 7) is 1.23. The molecule has 2 N–H and O–H groups in total. The second-order valence-corrected chi connectivity index (χ2v) is 10.9. The summed E-state index contributed by atoms with van der Waals surface area (Å²) >= 11 is 1.07. The molecule has 0 unspecified atom stereocenters. The van der Waals surface area contributed by atoms with E-state index in [2.05, 4.69) is 25.6 Å². The third-order valence-electron chi connectivity index (χ3n) is 6.47. The molecule has 2 aromatic carbocycles. The topological polar surface area (TPSA) is 135 Å². The van der Waals surface area contributed by atoms with E-state index < -0.39 is 36.3 Å². The molecule has 0 radical (unpaired) electrons. The van der Waals surface area contributed by atoms with Gasteiger partial charge in [0.15, 0.2) is 5.82 Å². The van der Waals surface area contributed by atoms with Gasteiger partial charge in [0.1, 0.15) is 16.6 Å². The lowest BCUT2D eigenvalue weighted by Crippen LogP contribution is -2.33. The van der Waals surface area contributed by atoms with Gasteiger partial charge in [-0.05, 0) is 62.5 Å². The highest BCUT2D eigenvalue weighted by Gasteiger charge is 2.33. The number of halogens is 2. The normalized spacial score (nSPS) is 10.8. The number of aromatic nitrogens is 2. The zero-order valence-electron chi connectivity index (χ0n) is 25.7. The van der Waals surface area contributed by atoms with Crippen LogP contribution in [0.1, 0.15) is 28.4 Å². The number of nitrogens with zero attached hydrogens (tertiary/aromatic N) is 4. The van der Waals surface area contributed by atoms with Crippen molar-refractivity contribution in [2.24, 2.45) is 0 Å². The Labute approximate surface area is 267 Å². The largest absolute Gasteiger partial charge is 0.480 e. The average molecular weight is 655 g/mol. The molecule has 0 aliphatic rings. The van der Waals surface area contributed by atoms with Crippen LogP contribution < -0.4 is 20.3 Å². The van der Waals surface area contributed by atoms with E-state index in [1.54, 1.807) is 45.3 Å². The second kappa shape index (κ2) is 15.2. The van der Waals surface area contributed by atoms with Crippen LogP contribution in [0.2, 0.25) is 0 Å². The summed E-state index contributed by atoms with van der Waals surface area (Å²) in [5, 5.41) is 13.2. The van der Waals surface area contributed by atoms with Crippen molar-refractivity contribution in [2.45, 2.75) is 20.0 Å². The molecule has 2 heterocycles. The van der Waals surface area contributed by atoms with Crippen LogP contribution in [0, 0.1) is 11.6 Å². The molecule has 0 aliphatic heterocycles. The lowest BCUT2D eigenvalue weighted by molar-refractivity contribution is 0.102. The van der Waals surface area contributed by atoms with Gasteiger partial charge >= 0.3 is 12.2 Å². The number of amides is 3. The van der Waals surface area contributed by atoms with Crippen LogP contribution in [0.15, 0.2) is 54.6 Å². The predicted octanol–water partition coefficient (Wildman–Crippen LogP) is 6.15. The number of thiophene rings is 1. The van der Waals surface area contributed by atoms with Crippen molar-refractivity contribution in [3.63, 3.8) is 0 Å². The Hall–Kier alpha value is -5.15. The molecule has 3 amide bonds. The van der Waals surface area contributed by atoms with E-state index in [1.165, 1.54) is 32.4 Å². The lowest BCUT2D eigenvalue weighted by atomic mass is 10.0. The van der Waals surface area contributed by atoms with Gasteiger partial charge < -0.3 is 24.4 Å². The third kappa shape index (κ3) is 7.92.